The van der Waals surface area contributed by atoms with Crippen molar-refractivity contribution >= 4 is 18.2 Å². The van der Waals surface area contributed by atoms with E-state index >= 15 is 0 Å². The van der Waals surface area contributed by atoms with Crippen LogP contribution in [0.1, 0.15) is 39.5 Å². The Balaban J connectivity index is 1.80. The van der Waals surface area contributed by atoms with Gasteiger partial charge in [0, 0.05) is 18.5 Å². The molecular formula is C17H17NO6. The number of hydrogen-bond donors (Lipinski definition) is 2. The van der Waals surface area contributed by atoms with Gasteiger partial charge in [0.05, 0.1) is 0 Å². The van der Waals surface area contributed by atoms with Crippen molar-refractivity contribution in [3.63, 3.8) is 0 Å². The summed E-state index contributed by atoms with van der Waals surface area (Å²) in [7, 11) is 0. The summed E-state index contributed by atoms with van der Waals surface area (Å²) in [6.45, 7) is 0.410. The Morgan fingerprint density at radius 2 is 1.92 bits per heavy atom. The molecule has 0 bridgehead atoms. The number of carbonyl (C=O) groups is 3. The van der Waals surface area contributed by atoms with Gasteiger partial charge in [-0.2, -0.15) is 0 Å². The fourth-order valence-corrected chi connectivity index (χ4v) is 1.90. The van der Waals surface area contributed by atoms with E-state index in [0.717, 1.165) is 6.29 Å². The third-order valence-electron chi connectivity index (χ3n) is 3.14. The highest BCUT2D eigenvalue weighted by Crippen LogP contribution is 2.15. The van der Waals surface area contributed by atoms with E-state index in [2.05, 4.69) is 5.32 Å². The minimum absolute atomic E-state index is 0.000415. The molecule has 0 aliphatic heterocycles. The monoisotopic (exact) mass is 331 g/mol. The van der Waals surface area contributed by atoms with E-state index in [1.54, 1.807) is 30.3 Å². The Hall–Kier alpha value is -3.09. The van der Waals surface area contributed by atoms with Crippen molar-refractivity contribution in [2.75, 3.05) is 6.54 Å². The largest absolute Gasteiger partial charge is 0.486 e. The van der Waals surface area contributed by atoms with Crippen LogP contribution in [0.2, 0.25) is 0 Å². The summed E-state index contributed by atoms with van der Waals surface area (Å²) in [5, 5.41) is 11.1. The Bertz CT molecular complexity index is 704. The van der Waals surface area contributed by atoms with Gasteiger partial charge >= 0.3 is 5.97 Å². The first-order chi connectivity index (χ1) is 11.6. The number of furan rings is 1. The summed E-state index contributed by atoms with van der Waals surface area (Å²) in [5.41, 5.74) is 0.558. The van der Waals surface area contributed by atoms with Gasteiger partial charge in [0.25, 0.3) is 5.91 Å². The van der Waals surface area contributed by atoms with E-state index in [9.17, 15) is 14.4 Å². The maximum Gasteiger partial charge on any atom is 0.303 e. The average Bonchev–Trinajstić information content (AvgIpc) is 3.06. The first-order valence-corrected chi connectivity index (χ1v) is 7.35. The van der Waals surface area contributed by atoms with E-state index < -0.39 is 11.9 Å². The lowest BCUT2D eigenvalue weighted by molar-refractivity contribution is -0.137. The molecule has 2 N–H and O–H groups in total. The van der Waals surface area contributed by atoms with Gasteiger partial charge in [-0.1, -0.05) is 0 Å². The summed E-state index contributed by atoms with van der Waals surface area (Å²) in [4.78, 5) is 32.8. The topological polar surface area (TPSA) is 106 Å². The van der Waals surface area contributed by atoms with Crippen LogP contribution >= 0.6 is 0 Å². The highest BCUT2D eigenvalue weighted by molar-refractivity contribution is 5.91. The van der Waals surface area contributed by atoms with Crippen molar-refractivity contribution in [1.29, 1.82) is 0 Å². The molecular weight excluding hydrogens is 314 g/mol. The van der Waals surface area contributed by atoms with Crippen molar-refractivity contribution in [2.45, 2.75) is 19.4 Å². The molecule has 0 spiro atoms. The van der Waals surface area contributed by atoms with Gasteiger partial charge in [0.15, 0.2) is 5.76 Å². The molecule has 1 aromatic carbocycles. The Kier molecular flexibility index (Phi) is 6.13. The number of aliphatic carboxylic acids is 1. The van der Waals surface area contributed by atoms with Gasteiger partial charge in [-0.15, -0.1) is 0 Å². The number of carbonyl (C=O) groups excluding carboxylic acids is 2. The number of rotatable bonds is 9. The van der Waals surface area contributed by atoms with Crippen LogP contribution in [0.3, 0.4) is 0 Å². The fourth-order valence-electron chi connectivity index (χ4n) is 1.90. The maximum absolute atomic E-state index is 11.8. The van der Waals surface area contributed by atoms with Crippen molar-refractivity contribution in [2.24, 2.45) is 0 Å². The number of carboxylic acids is 1. The molecule has 1 aromatic heterocycles. The second kappa shape index (κ2) is 8.52. The lowest BCUT2D eigenvalue weighted by Gasteiger charge is -2.04. The average molecular weight is 331 g/mol. The lowest BCUT2D eigenvalue weighted by atomic mass is 10.2. The molecule has 0 aliphatic rings. The van der Waals surface area contributed by atoms with Crippen LogP contribution in [0.15, 0.2) is 40.8 Å². The molecule has 0 unspecified atom stereocenters. The third-order valence-corrected chi connectivity index (χ3v) is 3.14. The van der Waals surface area contributed by atoms with Crippen LogP contribution in [-0.4, -0.2) is 29.8 Å². The Morgan fingerprint density at radius 1 is 1.17 bits per heavy atom. The molecule has 0 saturated heterocycles. The van der Waals surface area contributed by atoms with Crippen LogP contribution in [0.25, 0.3) is 0 Å². The number of ether oxygens (including phenoxy) is 1. The number of aldehydes is 1. The summed E-state index contributed by atoms with van der Waals surface area (Å²) in [5.74, 6) is -0.105. The van der Waals surface area contributed by atoms with Crippen molar-refractivity contribution in [3.05, 3.63) is 53.5 Å². The zero-order valence-corrected chi connectivity index (χ0v) is 12.9. The second-order valence-electron chi connectivity index (χ2n) is 4.99. The van der Waals surface area contributed by atoms with Gasteiger partial charge < -0.3 is 19.6 Å². The smallest absolute Gasteiger partial charge is 0.303 e. The van der Waals surface area contributed by atoms with Gasteiger partial charge in [0.2, 0.25) is 0 Å². The Morgan fingerprint density at radius 3 is 2.58 bits per heavy atom. The molecule has 7 heteroatoms. The van der Waals surface area contributed by atoms with E-state index in [1.807, 2.05) is 0 Å². The van der Waals surface area contributed by atoms with Crippen LogP contribution in [0, 0.1) is 0 Å². The van der Waals surface area contributed by atoms with Crippen LogP contribution in [0.5, 0.6) is 5.75 Å². The highest BCUT2D eigenvalue weighted by Gasteiger charge is 2.11. The van der Waals surface area contributed by atoms with Gasteiger partial charge in [-0.25, -0.2) is 0 Å². The molecule has 1 heterocycles. The molecule has 2 aromatic rings. The number of nitrogens with one attached hydrogen (secondary N) is 1. The summed E-state index contributed by atoms with van der Waals surface area (Å²) < 4.78 is 10.9. The molecule has 0 radical (unpaired) electrons. The van der Waals surface area contributed by atoms with E-state index in [4.69, 9.17) is 14.3 Å². The molecule has 7 nitrogen and oxygen atoms in total. The SMILES string of the molecule is O=Cc1ccc(OCc2ccc(C(=O)NCCCC(=O)O)o2)cc1. The van der Waals surface area contributed by atoms with Gasteiger partial charge in [-0.05, 0) is 42.8 Å². The molecule has 0 aliphatic carbocycles. The minimum atomic E-state index is -0.900. The maximum atomic E-state index is 11.8. The molecule has 0 saturated carbocycles. The van der Waals surface area contributed by atoms with Crippen molar-refractivity contribution in [1.82, 2.24) is 5.32 Å². The summed E-state index contributed by atoms with van der Waals surface area (Å²) in [6.07, 6.45) is 1.10. The standard InChI is InChI=1S/C17H17NO6/c19-10-12-3-5-13(6-4-12)23-11-14-7-8-15(24-14)17(22)18-9-1-2-16(20)21/h3-8,10H,1-2,9,11H2,(H,18,22)(H,20,21). The lowest BCUT2D eigenvalue weighted by Crippen LogP contribution is -2.24. The first kappa shape index (κ1) is 17.3. The zero-order chi connectivity index (χ0) is 17.4. The van der Waals surface area contributed by atoms with Crippen LogP contribution in [0.4, 0.5) is 0 Å². The molecule has 24 heavy (non-hydrogen) atoms. The van der Waals surface area contributed by atoms with E-state index in [0.29, 0.717) is 23.5 Å². The van der Waals surface area contributed by atoms with Crippen molar-refractivity contribution in [3.8, 4) is 5.75 Å². The molecule has 2 rings (SSSR count). The minimum Gasteiger partial charge on any atom is -0.486 e. The first-order valence-electron chi connectivity index (χ1n) is 7.35. The number of hydrogen-bond acceptors (Lipinski definition) is 5. The predicted octanol–water partition coefficient (Wildman–Crippen LogP) is 2.27. The third kappa shape index (κ3) is 5.28. The van der Waals surface area contributed by atoms with Crippen molar-refractivity contribution < 1.29 is 28.6 Å². The van der Waals surface area contributed by atoms with E-state index in [1.165, 1.54) is 6.07 Å². The molecule has 1 amide bonds. The fraction of sp³-hybridized carbons (Fsp3) is 0.235. The number of benzene rings is 1. The molecule has 0 atom stereocenters. The van der Waals surface area contributed by atoms with Crippen LogP contribution in [-0.2, 0) is 11.4 Å². The van der Waals surface area contributed by atoms with Gasteiger partial charge in [0.1, 0.15) is 24.4 Å². The Labute approximate surface area is 138 Å². The predicted molar refractivity (Wildman–Crippen MR) is 84.1 cm³/mol. The summed E-state index contributed by atoms with van der Waals surface area (Å²) in [6, 6.07) is 9.78. The number of carboxylic acid groups (broad SMARTS) is 1. The quantitative estimate of drug-likeness (QED) is 0.539. The normalized spacial score (nSPS) is 10.2. The zero-order valence-electron chi connectivity index (χ0n) is 12.9. The summed E-state index contributed by atoms with van der Waals surface area (Å²) >= 11 is 0. The number of amides is 1. The molecule has 0 fully saturated rings. The second-order valence-corrected chi connectivity index (χ2v) is 4.99. The molecule has 126 valence electrons. The van der Waals surface area contributed by atoms with Crippen LogP contribution < -0.4 is 10.1 Å². The highest BCUT2D eigenvalue weighted by atomic mass is 16.5. The van der Waals surface area contributed by atoms with E-state index in [-0.39, 0.29) is 25.3 Å². The van der Waals surface area contributed by atoms with Gasteiger partial charge in [-0.3, -0.25) is 14.4 Å².